The van der Waals surface area contributed by atoms with Crippen LogP contribution in [0.1, 0.15) is 32.1 Å². The Labute approximate surface area is 193 Å². The molecule has 29 heavy (non-hydrogen) atoms. The summed E-state index contributed by atoms with van der Waals surface area (Å²) < 4.78 is 4.75. The van der Waals surface area contributed by atoms with Gasteiger partial charge in [0.1, 0.15) is 0 Å². The monoisotopic (exact) mass is 474 g/mol. The summed E-state index contributed by atoms with van der Waals surface area (Å²) in [6.45, 7) is 8.51. The number of nitrogens with zero attached hydrogens (tertiary/aromatic N) is 3. The van der Waals surface area contributed by atoms with Crippen molar-refractivity contribution in [3.05, 3.63) is 0 Å². The maximum Gasteiger partial charge on any atom is 0.305 e. The third-order valence-corrected chi connectivity index (χ3v) is 6.24. The molecule has 3 aliphatic heterocycles. The first kappa shape index (κ1) is 28.7. The van der Waals surface area contributed by atoms with Crippen LogP contribution in [0.5, 0.6) is 0 Å². The number of ether oxygens (including phenoxy) is 1. The summed E-state index contributed by atoms with van der Waals surface area (Å²) in [5, 5.41) is 3.43. The number of methoxy groups -OCH3 is 1. The maximum atomic E-state index is 12.6. The summed E-state index contributed by atoms with van der Waals surface area (Å²) in [5.74, 6) is 0.471. The van der Waals surface area contributed by atoms with Crippen LogP contribution in [0.3, 0.4) is 0 Å². The first-order valence-electron chi connectivity index (χ1n) is 10.2. The van der Waals surface area contributed by atoms with E-state index in [9.17, 15) is 9.59 Å². The highest BCUT2D eigenvalue weighted by Gasteiger charge is 2.28. The summed E-state index contributed by atoms with van der Waals surface area (Å²) in [7, 11) is 1.44. The fraction of sp³-hybridized carbons (Fsp3) is 0.895. The molecule has 1 N–H and O–H groups in total. The predicted octanol–water partition coefficient (Wildman–Crippen LogP) is 1.42. The van der Waals surface area contributed by atoms with E-state index in [0.717, 1.165) is 71.2 Å². The summed E-state index contributed by atoms with van der Waals surface area (Å²) >= 11 is 0. The molecule has 0 radical (unpaired) electrons. The molecule has 3 fully saturated rings. The van der Waals surface area contributed by atoms with Gasteiger partial charge in [0.05, 0.1) is 13.7 Å². The summed E-state index contributed by atoms with van der Waals surface area (Å²) in [6, 6.07) is 0.725. The minimum absolute atomic E-state index is 0. The minimum atomic E-state index is -0.138. The number of likely N-dealkylation sites (tertiary alicyclic amines) is 1. The van der Waals surface area contributed by atoms with E-state index in [2.05, 4.69) is 15.1 Å². The Kier molecular flexibility index (Phi) is 14.5. The number of rotatable bonds is 5. The second kappa shape index (κ2) is 14.7. The molecule has 172 valence electrons. The molecule has 0 atom stereocenters. The van der Waals surface area contributed by atoms with Crippen molar-refractivity contribution in [2.45, 2.75) is 38.1 Å². The number of carbonyl (C=O) groups is 2. The molecule has 0 aromatic heterocycles. The van der Waals surface area contributed by atoms with Gasteiger partial charge in [-0.25, -0.2) is 0 Å². The van der Waals surface area contributed by atoms with Gasteiger partial charge < -0.3 is 15.0 Å². The number of carbonyl (C=O) groups excluding carboxylic acids is 2. The molecular weight excluding hydrogens is 439 g/mol. The lowest BCUT2D eigenvalue weighted by Crippen LogP contribution is -2.54. The molecule has 3 heterocycles. The molecule has 0 saturated carbocycles. The number of hydrogen-bond donors (Lipinski definition) is 1. The lowest BCUT2D eigenvalue weighted by Gasteiger charge is -2.41. The molecule has 1 amide bonds. The average Bonchev–Trinajstić information content (AvgIpc) is 2.69. The van der Waals surface area contributed by atoms with E-state index in [4.69, 9.17) is 4.74 Å². The van der Waals surface area contributed by atoms with Gasteiger partial charge in [-0.2, -0.15) is 0 Å². The van der Waals surface area contributed by atoms with Gasteiger partial charge in [-0.1, -0.05) is 0 Å². The van der Waals surface area contributed by atoms with E-state index in [1.54, 1.807) is 0 Å². The van der Waals surface area contributed by atoms with Gasteiger partial charge in [-0.05, 0) is 44.7 Å². The molecule has 0 spiro atoms. The van der Waals surface area contributed by atoms with Crippen molar-refractivity contribution in [2.75, 3.05) is 66.0 Å². The Bertz CT molecular complexity index is 479. The Morgan fingerprint density at radius 3 is 2.03 bits per heavy atom. The fourth-order valence-electron chi connectivity index (χ4n) is 4.46. The van der Waals surface area contributed by atoms with Gasteiger partial charge in [0, 0.05) is 51.7 Å². The Morgan fingerprint density at radius 2 is 1.48 bits per heavy atom. The van der Waals surface area contributed by atoms with Gasteiger partial charge in [-0.15, -0.1) is 37.2 Å². The third kappa shape index (κ3) is 8.75. The van der Waals surface area contributed by atoms with Gasteiger partial charge in [0.25, 0.3) is 0 Å². The highest BCUT2D eigenvalue weighted by atomic mass is 35.5. The smallest absolute Gasteiger partial charge is 0.305 e. The molecule has 0 aromatic rings. The van der Waals surface area contributed by atoms with Crippen LogP contribution in [-0.2, 0) is 14.3 Å². The van der Waals surface area contributed by atoms with Gasteiger partial charge >= 0.3 is 5.97 Å². The van der Waals surface area contributed by atoms with Crippen LogP contribution >= 0.6 is 37.2 Å². The molecule has 0 bridgehead atoms. The standard InChI is InChI=1S/C19H34N4O3.3ClH/c1-26-19(25)14-16-4-8-23(9-5-16)18(24)15-21-10-12-22(13-11-21)17-2-6-20-7-3-17;;;/h16-17,20H,2-15H2,1H3;3*1H. The minimum Gasteiger partial charge on any atom is -0.469 e. The number of esters is 1. The van der Waals surface area contributed by atoms with Crippen molar-refractivity contribution in [3.63, 3.8) is 0 Å². The largest absolute Gasteiger partial charge is 0.469 e. The van der Waals surface area contributed by atoms with E-state index in [0.29, 0.717) is 18.9 Å². The summed E-state index contributed by atoms with van der Waals surface area (Å²) in [5.41, 5.74) is 0. The average molecular weight is 476 g/mol. The fourth-order valence-corrected chi connectivity index (χ4v) is 4.46. The first-order valence-corrected chi connectivity index (χ1v) is 10.2. The molecule has 0 aliphatic carbocycles. The number of amides is 1. The van der Waals surface area contributed by atoms with Crippen LogP contribution in [0, 0.1) is 5.92 Å². The molecule has 3 aliphatic rings. The van der Waals surface area contributed by atoms with Crippen LogP contribution in [-0.4, -0.2) is 98.6 Å². The summed E-state index contributed by atoms with van der Waals surface area (Å²) in [6.07, 6.45) is 4.80. The lowest BCUT2D eigenvalue weighted by molar-refractivity contribution is -0.142. The Morgan fingerprint density at radius 1 is 0.897 bits per heavy atom. The molecular formula is C19H37Cl3N4O3. The number of piperazine rings is 1. The maximum absolute atomic E-state index is 12.6. The van der Waals surface area contributed by atoms with Crippen LogP contribution in [0.2, 0.25) is 0 Å². The predicted molar refractivity (Wildman–Crippen MR) is 122 cm³/mol. The van der Waals surface area contributed by atoms with Crippen LogP contribution in [0.4, 0.5) is 0 Å². The van der Waals surface area contributed by atoms with E-state index in [1.807, 2.05) is 4.90 Å². The van der Waals surface area contributed by atoms with Crippen molar-refractivity contribution >= 4 is 49.1 Å². The van der Waals surface area contributed by atoms with Crippen LogP contribution < -0.4 is 5.32 Å². The van der Waals surface area contributed by atoms with Crippen molar-refractivity contribution < 1.29 is 14.3 Å². The second-order valence-electron chi connectivity index (χ2n) is 7.90. The lowest BCUT2D eigenvalue weighted by atomic mass is 9.93. The molecule has 7 nitrogen and oxygen atoms in total. The van der Waals surface area contributed by atoms with E-state index < -0.39 is 0 Å². The zero-order valence-corrected chi connectivity index (χ0v) is 19.8. The number of piperidine rings is 2. The number of halogens is 3. The van der Waals surface area contributed by atoms with Gasteiger partial charge in [0.15, 0.2) is 0 Å². The van der Waals surface area contributed by atoms with Crippen molar-refractivity contribution in [2.24, 2.45) is 5.92 Å². The van der Waals surface area contributed by atoms with Crippen molar-refractivity contribution in [1.29, 1.82) is 0 Å². The molecule has 0 aromatic carbocycles. The van der Waals surface area contributed by atoms with Crippen LogP contribution in [0.25, 0.3) is 0 Å². The summed E-state index contributed by atoms with van der Waals surface area (Å²) in [4.78, 5) is 30.9. The van der Waals surface area contributed by atoms with Crippen molar-refractivity contribution in [1.82, 2.24) is 20.0 Å². The zero-order valence-electron chi connectivity index (χ0n) is 17.3. The van der Waals surface area contributed by atoms with Gasteiger partial charge in [0.2, 0.25) is 5.91 Å². The second-order valence-corrected chi connectivity index (χ2v) is 7.90. The Balaban J connectivity index is 0.00000261. The molecule has 3 saturated heterocycles. The Hall–Kier alpha value is -0.310. The highest BCUT2D eigenvalue weighted by Crippen LogP contribution is 2.21. The first-order chi connectivity index (χ1) is 12.7. The molecule has 10 heteroatoms. The number of hydrogen-bond acceptors (Lipinski definition) is 6. The third-order valence-electron chi connectivity index (χ3n) is 6.24. The van der Waals surface area contributed by atoms with Crippen LogP contribution in [0.15, 0.2) is 0 Å². The normalized spacial score (nSPS) is 22.0. The van der Waals surface area contributed by atoms with E-state index in [-0.39, 0.29) is 49.1 Å². The van der Waals surface area contributed by atoms with Gasteiger partial charge in [-0.3, -0.25) is 19.4 Å². The zero-order chi connectivity index (χ0) is 18.4. The topological polar surface area (TPSA) is 65.1 Å². The molecule has 3 rings (SSSR count). The van der Waals surface area contributed by atoms with E-state index in [1.165, 1.54) is 20.0 Å². The number of nitrogens with one attached hydrogen (secondary N) is 1. The SMILES string of the molecule is COC(=O)CC1CCN(C(=O)CN2CCN(C3CCNCC3)CC2)CC1.Cl.Cl.Cl. The quantitative estimate of drug-likeness (QED) is 0.607. The highest BCUT2D eigenvalue weighted by molar-refractivity contribution is 5.86. The van der Waals surface area contributed by atoms with Crippen molar-refractivity contribution in [3.8, 4) is 0 Å². The van der Waals surface area contributed by atoms with E-state index >= 15 is 0 Å². The molecule has 0 unspecified atom stereocenters.